The zero-order chi connectivity index (χ0) is 20.6. The van der Waals surface area contributed by atoms with Crippen molar-refractivity contribution in [3.8, 4) is 0 Å². The maximum Gasteiger partial charge on any atom is 0.337 e. The number of hydrogen-bond donors (Lipinski definition) is 2. The molecule has 1 aromatic carbocycles. The topological polar surface area (TPSA) is 83.0 Å². The Morgan fingerprint density at radius 1 is 1.13 bits per heavy atom. The minimum atomic E-state index is -0.337. The van der Waals surface area contributed by atoms with E-state index in [2.05, 4.69) is 15.6 Å². The number of ether oxygens (including phenoxy) is 1. The molecule has 166 valence electrons. The monoisotopic (exact) mass is 528 g/mol. The third kappa shape index (κ3) is 6.58. The van der Waals surface area contributed by atoms with E-state index >= 15 is 0 Å². The minimum absolute atomic E-state index is 0. The molecule has 1 heterocycles. The summed E-state index contributed by atoms with van der Waals surface area (Å²) in [6.07, 6.45) is 6.66. The molecule has 1 saturated heterocycles. The summed E-state index contributed by atoms with van der Waals surface area (Å²) in [6.45, 7) is 2.15. The standard InChI is InChI=1S/C22H32N4O3.HI/c1-23-22(24-14-16-8-10-18(11-9-16)21(28)29-2)25-19-12-13-26(15-19)20(27)17-6-4-3-5-7-17;/h8-11,17,19H,3-7,12-15H2,1-2H3,(H2,23,24,25);1H. The van der Waals surface area contributed by atoms with Crippen LogP contribution < -0.4 is 10.6 Å². The van der Waals surface area contributed by atoms with Crippen molar-refractivity contribution in [3.63, 3.8) is 0 Å². The number of halogens is 1. The number of methoxy groups -OCH3 is 1. The number of hydrogen-bond acceptors (Lipinski definition) is 4. The van der Waals surface area contributed by atoms with Gasteiger partial charge in [-0.05, 0) is 37.0 Å². The normalized spacial score (nSPS) is 19.7. The van der Waals surface area contributed by atoms with Crippen molar-refractivity contribution >= 4 is 41.8 Å². The third-order valence-corrected chi connectivity index (χ3v) is 5.85. The van der Waals surface area contributed by atoms with Gasteiger partial charge in [0.15, 0.2) is 5.96 Å². The van der Waals surface area contributed by atoms with Crippen molar-refractivity contribution in [3.05, 3.63) is 35.4 Å². The van der Waals surface area contributed by atoms with Gasteiger partial charge in [0.2, 0.25) is 5.91 Å². The van der Waals surface area contributed by atoms with Crippen molar-refractivity contribution in [2.45, 2.75) is 51.1 Å². The number of aliphatic imine (C=N–C) groups is 1. The fraction of sp³-hybridized carbons (Fsp3) is 0.591. The molecular formula is C22H33IN4O3. The molecule has 0 radical (unpaired) electrons. The molecule has 7 nitrogen and oxygen atoms in total. The van der Waals surface area contributed by atoms with Gasteiger partial charge in [-0.25, -0.2) is 4.79 Å². The van der Waals surface area contributed by atoms with E-state index in [1.807, 2.05) is 17.0 Å². The van der Waals surface area contributed by atoms with Crippen LogP contribution in [0.2, 0.25) is 0 Å². The summed E-state index contributed by atoms with van der Waals surface area (Å²) < 4.78 is 4.72. The van der Waals surface area contributed by atoms with Gasteiger partial charge in [-0.3, -0.25) is 9.79 Å². The second-order valence-corrected chi connectivity index (χ2v) is 7.86. The maximum atomic E-state index is 12.7. The molecule has 1 aromatic rings. The van der Waals surface area contributed by atoms with E-state index in [-0.39, 0.29) is 41.9 Å². The van der Waals surface area contributed by atoms with E-state index in [9.17, 15) is 9.59 Å². The Morgan fingerprint density at radius 3 is 2.47 bits per heavy atom. The Labute approximate surface area is 196 Å². The van der Waals surface area contributed by atoms with Gasteiger partial charge < -0.3 is 20.3 Å². The molecule has 2 aliphatic rings. The number of esters is 1. The second kappa shape index (κ2) is 12.1. The highest BCUT2D eigenvalue weighted by molar-refractivity contribution is 14.0. The molecule has 30 heavy (non-hydrogen) atoms. The molecule has 1 saturated carbocycles. The molecule has 1 aliphatic heterocycles. The highest BCUT2D eigenvalue weighted by atomic mass is 127. The molecule has 2 N–H and O–H groups in total. The molecule has 1 unspecified atom stereocenters. The molecule has 1 aliphatic carbocycles. The molecule has 3 rings (SSSR count). The van der Waals surface area contributed by atoms with E-state index < -0.39 is 0 Å². The van der Waals surface area contributed by atoms with E-state index in [0.717, 1.165) is 43.9 Å². The van der Waals surface area contributed by atoms with Gasteiger partial charge in [0, 0.05) is 38.6 Å². The number of carbonyl (C=O) groups is 2. The van der Waals surface area contributed by atoms with Gasteiger partial charge in [0.1, 0.15) is 0 Å². The first-order chi connectivity index (χ1) is 14.1. The highest BCUT2D eigenvalue weighted by Crippen LogP contribution is 2.26. The van der Waals surface area contributed by atoms with Gasteiger partial charge >= 0.3 is 5.97 Å². The average molecular weight is 528 g/mol. The lowest BCUT2D eigenvalue weighted by Gasteiger charge is -2.26. The Bertz CT molecular complexity index is 732. The SMILES string of the molecule is CN=C(NCc1ccc(C(=O)OC)cc1)NC1CCN(C(=O)C2CCCCC2)C1.I. The number of carbonyl (C=O) groups excluding carboxylic acids is 2. The van der Waals surface area contributed by atoms with Crippen molar-refractivity contribution < 1.29 is 14.3 Å². The van der Waals surface area contributed by atoms with Crippen LogP contribution in [0, 0.1) is 5.92 Å². The molecule has 0 aromatic heterocycles. The number of guanidine groups is 1. The van der Waals surface area contributed by atoms with Crippen LogP contribution in [0.4, 0.5) is 0 Å². The lowest BCUT2D eigenvalue weighted by atomic mass is 9.88. The van der Waals surface area contributed by atoms with Crippen LogP contribution in [-0.2, 0) is 16.1 Å². The summed E-state index contributed by atoms with van der Waals surface area (Å²) in [6, 6.07) is 7.52. The van der Waals surface area contributed by atoms with Crippen molar-refractivity contribution in [2.75, 3.05) is 27.2 Å². The number of benzene rings is 1. The summed E-state index contributed by atoms with van der Waals surface area (Å²) in [5, 5.41) is 6.74. The first-order valence-electron chi connectivity index (χ1n) is 10.5. The zero-order valence-electron chi connectivity index (χ0n) is 17.9. The Morgan fingerprint density at radius 2 is 1.83 bits per heavy atom. The summed E-state index contributed by atoms with van der Waals surface area (Å²) >= 11 is 0. The molecule has 0 spiro atoms. The summed E-state index contributed by atoms with van der Waals surface area (Å²) in [4.78, 5) is 30.6. The predicted octanol–water partition coefficient (Wildman–Crippen LogP) is 2.94. The number of likely N-dealkylation sites (tertiary alicyclic amines) is 1. The smallest absolute Gasteiger partial charge is 0.337 e. The van der Waals surface area contributed by atoms with E-state index in [1.54, 1.807) is 19.2 Å². The second-order valence-electron chi connectivity index (χ2n) is 7.86. The minimum Gasteiger partial charge on any atom is -0.465 e. The number of rotatable bonds is 5. The van der Waals surface area contributed by atoms with E-state index in [1.165, 1.54) is 26.4 Å². The zero-order valence-corrected chi connectivity index (χ0v) is 20.2. The Kier molecular flexibility index (Phi) is 9.87. The maximum absolute atomic E-state index is 12.7. The fourth-order valence-electron chi connectivity index (χ4n) is 4.14. The number of nitrogens with one attached hydrogen (secondary N) is 2. The van der Waals surface area contributed by atoms with Crippen molar-refractivity contribution in [2.24, 2.45) is 10.9 Å². The number of nitrogens with zero attached hydrogens (tertiary/aromatic N) is 2. The summed E-state index contributed by atoms with van der Waals surface area (Å²) in [5.74, 6) is 0.949. The van der Waals surface area contributed by atoms with Crippen LogP contribution in [0.15, 0.2) is 29.3 Å². The lowest BCUT2D eigenvalue weighted by Crippen LogP contribution is -2.45. The quantitative estimate of drug-likeness (QED) is 0.266. The highest BCUT2D eigenvalue weighted by Gasteiger charge is 2.31. The molecular weight excluding hydrogens is 495 g/mol. The van der Waals surface area contributed by atoms with E-state index in [4.69, 9.17) is 4.74 Å². The van der Waals surface area contributed by atoms with Gasteiger partial charge in [0.25, 0.3) is 0 Å². The van der Waals surface area contributed by atoms with Crippen molar-refractivity contribution in [1.82, 2.24) is 15.5 Å². The summed E-state index contributed by atoms with van der Waals surface area (Å²) in [5.41, 5.74) is 1.58. The Balaban J connectivity index is 0.00000320. The van der Waals surface area contributed by atoms with Crippen LogP contribution in [-0.4, -0.2) is 56.0 Å². The molecule has 1 atom stereocenters. The number of amides is 1. The lowest BCUT2D eigenvalue weighted by molar-refractivity contribution is -0.135. The van der Waals surface area contributed by atoms with Crippen LogP contribution >= 0.6 is 24.0 Å². The first kappa shape index (κ1) is 24.4. The Hall–Kier alpha value is -1.84. The van der Waals surface area contributed by atoms with Crippen LogP contribution in [0.5, 0.6) is 0 Å². The van der Waals surface area contributed by atoms with Crippen LogP contribution in [0.1, 0.15) is 54.4 Å². The largest absolute Gasteiger partial charge is 0.465 e. The summed E-state index contributed by atoms with van der Waals surface area (Å²) in [7, 11) is 3.12. The molecule has 0 bridgehead atoms. The van der Waals surface area contributed by atoms with E-state index in [0.29, 0.717) is 18.0 Å². The molecule has 2 fully saturated rings. The van der Waals surface area contributed by atoms with Crippen LogP contribution in [0.25, 0.3) is 0 Å². The molecule has 1 amide bonds. The van der Waals surface area contributed by atoms with Gasteiger partial charge in [-0.1, -0.05) is 31.4 Å². The van der Waals surface area contributed by atoms with Gasteiger partial charge in [0.05, 0.1) is 12.7 Å². The third-order valence-electron chi connectivity index (χ3n) is 5.85. The average Bonchev–Trinajstić information content (AvgIpc) is 3.25. The predicted molar refractivity (Wildman–Crippen MR) is 128 cm³/mol. The van der Waals surface area contributed by atoms with Gasteiger partial charge in [-0.2, -0.15) is 0 Å². The molecule has 8 heteroatoms. The fourth-order valence-corrected chi connectivity index (χ4v) is 4.14. The van der Waals surface area contributed by atoms with Crippen molar-refractivity contribution in [1.29, 1.82) is 0 Å². The van der Waals surface area contributed by atoms with Crippen LogP contribution in [0.3, 0.4) is 0 Å². The van der Waals surface area contributed by atoms with Gasteiger partial charge in [-0.15, -0.1) is 24.0 Å². The first-order valence-corrected chi connectivity index (χ1v) is 10.5.